The Kier molecular flexibility index (Phi) is 9.72. The van der Waals surface area contributed by atoms with E-state index < -0.39 is 0 Å². The molecule has 0 unspecified atom stereocenters. The number of nitriles is 1. The molecule has 1 aromatic heterocycles. The lowest BCUT2D eigenvalue weighted by atomic mass is 9.94. The first-order chi connectivity index (χ1) is 22.0. The molecule has 2 fully saturated rings. The van der Waals surface area contributed by atoms with Crippen molar-refractivity contribution in [3.8, 4) is 12.1 Å². The molecule has 0 N–H and O–H groups in total. The third-order valence-electron chi connectivity index (χ3n) is 9.64. The van der Waals surface area contributed by atoms with Crippen molar-refractivity contribution >= 4 is 39.8 Å². The highest BCUT2D eigenvalue weighted by Crippen LogP contribution is 2.37. The first kappa shape index (κ1) is 31.1. The summed E-state index contributed by atoms with van der Waals surface area (Å²) in [7, 11) is 2.19. The van der Waals surface area contributed by atoms with Gasteiger partial charge < -0.3 is 24.3 Å². The molecule has 10 heteroatoms. The molecule has 0 spiro atoms. The maximum Gasteiger partial charge on any atom is 0.318 e. The minimum atomic E-state index is -0.244. The van der Waals surface area contributed by atoms with E-state index in [1.807, 2.05) is 12.1 Å². The fourth-order valence-corrected chi connectivity index (χ4v) is 7.46. The molecule has 236 valence electrons. The standard InChI is InChI=1S/C35H42ClN7O2/c1-3-32(44)43-20-19-42(23-27(43)15-17-37)34-28-16-18-41(31-14-8-10-25-9-7-13-29(36)33(25)31)24-30(28)38-35(39-34)45-22-21-40(2)26-11-5-4-6-12-26/h3,7-10,13-14,26-27H,1,4-6,11-12,15-16,18-24H2,2H3/t27-/m0/s1. The summed E-state index contributed by atoms with van der Waals surface area (Å²) < 4.78 is 6.29. The smallest absolute Gasteiger partial charge is 0.318 e. The van der Waals surface area contributed by atoms with Crippen LogP contribution < -0.4 is 14.5 Å². The summed E-state index contributed by atoms with van der Waals surface area (Å²) in [5, 5.41) is 12.4. The quantitative estimate of drug-likeness (QED) is 0.283. The molecule has 9 nitrogen and oxygen atoms in total. The fourth-order valence-electron chi connectivity index (χ4n) is 7.18. The van der Waals surface area contributed by atoms with Crippen LogP contribution in [-0.4, -0.2) is 84.1 Å². The van der Waals surface area contributed by atoms with E-state index in [-0.39, 0.29) is 18.4 Å². The Balaban J connectivity index is 1.29. The van der Waals surface area contributed by atoms with Gasteiger partial charge in [0, 0.05) is 55.4 Å². The van der Waals surface area contributed by atoms with Gasteiger partial charge in [-0.25, -0.2) is 0 Å². The zero-order valence-corrected chi connectivity index (χ0v) is 26.9. The summed E-state index contributed by atoms with van der Waals surface area (Å²) in [6, 6.07) is 15.3. The van der Waals surface area contributed by atoms with Crippen LogP contribution in [0.4, 0.5) is 11.5 Å². The molecule has 0 radical (unpaired) electrons. The monoisotopic (exact) mass is 627 g/mol. The van der Waals surface area contributed by atoms with E-state index in [1.54, 1.807) is 4.90 Å². The number of fused-ring (bicyclic) bond motifs is 2. The summed E-state index contributed by atoms with van der Waals surface area (Å²) in [6.07, 6.45) is 8.74. The number of ether oxygens (including phenoxy) is 1. The van der Waals surface area contributed by atoms with E-state index in [0.717, 1.165) is 58.1 Å². The summed E-state index contributed by atoms with van der Waals surface area (Å²) in [5.41, 5.74) is 3.13. The van der Waals surface area contributed by atoms with Crippen molar-refractivity contribution in [1.82, 2.24) is 19.8 Å². The van der Waals surface area contributed by atoms with Crippen molar-refractivity contribution in [2.75, 3.05) is 56.2 Å². The van der Waals surface area contributed by atoms with Gasteiger partial charge in [0.05, 0.1) is 35.8 Å². The number of carbonyl (C=O) groups excluding carboxylic acids is 1. The number of hydrogen-bond donors (Lipinski definition) is 0. The minimum Gasteiger partial charge on any atom is -0.462 e. The molecule has 1 amide bonds. The number of hydrogen-bond acceptors (Lipinski definition) is 8. The van der Waals surface area contributed by atoms with Crippen molar-refractivity contribution in [3.63, 3.8) is 0 Å². The van der Waals surface area contributed by atoms with Gasteiger partial charge in [0.2, 0.25) is 5.91 Å². The molecule has 0 bridgehead atoms. The molecule has 3 aliphatic rings. The van der Waals surface area contributed by atoms with Crippen molar-refractivity contribution in [2.45, 2.75) is 63.6 Å². The average molecular weight is 628 g/mol. The molecule has 2 aromatic carbocycles. The van der Waals surface area contributed by atoms with Gasteiger partial charge >= 0.3 is 6.01 Å². The number of nitrogens with zero attached hydrogens (tertiary/aromatic N) is 7. The van der Waals surface area contributed by atoms with Crippen LogP contribution >= 0.6 is 11.6 Å². The van der Waals surface area contributed by atoms with Crippen molar-refractivity contribution in [2.24, 2.45) is 0 Å². The van der Waals surface area contributed by atoms with Crippen LogP contribution in [0.15, 0.2) is 49.1 Å². The van der Waals surface area contributed by atoms with Gasteiger partial charge in [-0.3, -0.25) is 4.79 Å². The Hall–Kier alpha value is -3.87. The van der Waals surface area contributed by atoms with Crippen molar-refractivity contribution < 1.29 is 9.53 Å². The highest BCUT2D eigenvalue weighted by Gasteiger charge is 2.33. The number of rotatable bonds is 9. The number of likely N-dealkylation sites (N-methyl/N-ethyl adjacent to an activating group) is 1. The lowest BCUT2D eigenvalue weighted by Crippen LogP contribution is -2.55. The molecule has 6 rings (SSSR count). The molecule has 1 saturated heterocycles. The number of aromatic nitrogens is 2. The molecule has 1 saturated carbocycles. The van der Waals surface area contributed by atoms with E-state index in [0.29, 0.717) is 44.8 Å². The van der Waals surface area contributed by atoms with Crippen LogP contribution in [0.25, 0.3) is 10.8 Å². The van der Waals surface area contributed by atoms with E-state index >= 15 is 0 Å². The van der Waals surface area contributed by atoms with Gasteiger partial charge in [-0.1, -0.05) is 61.7 Å². The van der Waals surface area contributed by atoms with E-state index in [2.05, 4.69) is 58.7 Å². The van der Waals surface area contributed by atoms with Gasteiger partial charge in [-0.2, -0.15) is 15.2 Å². The fraction of sp³-hybridized carbons (Fsp3) is 0.486. The Morgan fingerprint density at radius 1 is 1.13 bits per heavy atom. The van der Waals surface area contributed by atoms with Gasteiger partial charge in [0.25, 0.3) is 0 Å². The lowest BCUT2D eigenvalue weighted by Gasteiger charge is -2.42. The van der Waals surface area contributed by atoms with Gasteiger partial charge in [0.1, 0.15) is 12.4 Å². The zero-order valence-electron chi connectivity index (χ0n) is 26.1. The van der Waals surface area contributed by atoms with Crippen molar-refractivity contribution in [1.29, 1.82) is 5.26 Å². The Morgan fingerprint density at radius 2 is 1.93 bits per heavy atom. The second-order valence-electron chi connectivity index (χ2n) is 12.4. The summed E-state index contributed by atoms with van der Waals surface area (Å²) in [5.74, 6) is 0.704. The van der Waals surface area contributed by atoms with Crippen LogP contribution in [0.2, 0.25) is 5.02 Å². The van der Waals surface area contributed by atoms with Crippen LogP contribution in [0, 0.1) is 11.3 Å². The minimum absolute atomic E-state index is 0.143. The predicted molar refractivity (Wildman–Crippen MR) is 179 cm³/mol. The maximum absolute atomic E-state index is 12.6. The molecule has 3 heterocycles. The van der Waals surface area contributed by atoms with E-state index in [4.69, 9.17) is 26.3 Å². The van der Waals surface area contributed by atoms with E-state index in [9.17, 15) is 10.1 Å². The highest BCUT2D eigenvalue weighted by molar-refractivity contribution is 6.36. The molecular weight excluding hydrogens is 586 g/mol. The SMILES string of the molecule is C=CC(=O)N1CCN(c2nc(OCCN(C)C3CCCCC3)nc3c2CCN(c2cccc4cccc(Cl)c24)C3)C[C@@H]1CC#N. The number of carbonyl (C=O) groups is 1. The molecule has 2 aliphatic heterocycles. The summed E-state index contributed by atoms with van der Waals surface area (Å²) in [4.78, 5) is 31.3. The first-order valence-corrected chi connectivity index (χ1v) is 16.5. The molecule has 3 aromatic rings. The van der Waals surface area contributed by atoms with Crippen molar-refractivity contribution in [3.05, 3.63) is 65.3 Å². The molecular formula is C35H42ClN7O2. The van der Waals surface area contributed by atoms with Crippen LogP contribution in [0.1, 0.15) is 49.8 Å². The molecule has 1 aliphatic carbocycles. The molecule has 45 heavy (non-hydrogen) atoms. The molecule has 1 atom stereocenters. The zero-order chi connectivity index (χ0) is 31.3. The average Bonchev–Trinajstić information content (AvgIpc) is 3.07. The Morgan fingerprint density at radius 3 is 2.71 bits per heavy atom. The van der Waals surface area contributed by atoms with E-state index in [1.165, 1.54) is 38.2 Å². The van der Waals surface area contributed by atoms with Gasteiger partial charge in [-0.15, -0.1) is 0 Å². The number of amides is 1. The topological polar surface area (TPSA) is 88.8 Å². The largest absolute Gasteiger partial charge is 0.462 e. The third kappa shape index (κ3) is 6.73. The summed E-state index contributed by atoms with van der Waals surface area (Å²) in [6.45, 7) is 8.00. The van der Waals surface area contributed by atoms with Crippen LogP contribution in [0.3, 0.4) is 0 Å². The summed E-state index contributed by atoms with van der Waals surface area (Å²) >= 11 is 6.72. The number of benzene rings is 2. The third-order valence-corrected chi connectivity index (χ3v) is 9.95. The Labute approximate surface area is 271 Å². The lowest BCUT2D eigenvalue weighted by molar-refractivity contribution is -0.128. The first-order valence-electron chi connectivity index (χ1n) is 16.2. The second-order valence-corrected chi connectivity index (χ2v) is 12.8. The number of halogens is 1. The van der Waals surface area contributed by atoms with Crippen LogP contribution in [0.5, 0.6) is 6.01 Å². The maximum atomic E-state index is 12.6. The highest BCUT2D eigenvalue weighted by atomic mass is 35.5. The van der Waals surface area contributed by atoms with Crippen LogP contribution in [-0.2, 0) is 17.8 Å². The van der Waals surface area contributed by atoms with Gasteiger partial charge in [0.15, 0.2) is 0 Å². The number of anilines is 2. The Bertz CT molecular complexity index is 1580. The second kappa shape index (κ2) is 14.1. The number of piperazine rings is 1. The van der Waals surface area contributed by atoms with Gasteiger partial charge in [-0.05, 0) is 49.9 Å². The normalized spacial score (nSPS) is 19.0. The predicted octanol–water partition coefficient (Wildman–Crippen LogP) is 5.61.